The molecule has 0 bridgehead atoms. The molecule has 0 radical (unpaired) electrons. The number of hydrogen-bond donors (Lipinski definition) is 0. The van der Waals surface area contributed by atoms with Crippen LogP contribution in [0.25, 0.3) is 0 Å². The summed E-state index contributed by atoms with van der Waals surface area (Å²) >= 11 is 0. The Morgan fingerprint density at radius 3 is 2.06 bits per heavy atom. The Bertz CT molecular complexity index is 387. The molecule has 0 aliphatic heterocycles. The second-order valence-corrected chi connectivity index (χ2v) is 4.05. The first-order chi connectivity index (χ1) is 7.80. The zero-order valence-corrected chi connectivity index (χ0v) is 10.9. The summed E-state index contributed by atoms with van der Waals surface area (Å²) in [7, 11) is 3.67. The van der Waals surface area contributed by atoms with Gasteiger partial charge in [-0.15, -0.1) is 12.4 Å². The standard InChI is InChI=1S/C12H14F3NO.ClH/c1-16(2)8-7-11(17)9-3-5-10(6-4-9)12(13,14)15;/h3-6H,7-8H2,1-2H3;1H. The number of benzene rings is 1. The second-order valence-electron chi connectivity index (χ2n) is 4.05. The number of nitrogens with zero attached hydrogens (tertiary/aromatic N) is 1. The quantitative estimate of drug-likeness (QED) is 0.790. The summed E-state index contributed by atoms with van der Waals surface area (Å²) in [5.41, 5.74) is -0.415. The molecule has 0 aliphatic carbocycles. The van der Waals surface area contributed by atoms with Crippen LogP contribution in [-0.4, -0.2) is 31.3 Å². The summed E-state index contributed by atoms with van der Waals surface area (Å²) < 4.78 is 36.8. The molecule has 102 valence electrons. The number of Topliss-reactive ketones (excluding diaryl/α,β-unsaturated/α-hetero) is 1. The summed E-state index contributed by atoms with van der Waals surface area (Å²) in [6.45, 7) is 0.583. The molecule has 0 N–H and O–H groups in total. The van der Waals surface area contributed by atoms with Crippen molar-refractivity contribution in [3.8, 4) is 0 Å². The lowest BCUT2D eigenvalue weighted by molar-refractivity contribution is -0.137. The molecule has 1 aromatic carbocycles. The fourth-order valence-corrected chi connectivity index (χ4v) is 1.31. The van der Waals surface area contributed by atoms with E-state index in [1.165, 1.54) is 12.1 Å². The fraction of sp³-hybridized carbons (Fsp3) is 0.417. The maximum absolute atomic E-state index is 12.3. The summed E-state index contributed by atoms with van der Waals surface area (Å²) in [5, 5.41) is 0. The summed E-state index contributed by atoms with van der Waals surface area (Å²) in [4.78, 5) is 13.5. The first-order valence-corrected chi connectivity index (χ1v) is 5.16. The Morgan fingerprint density at radius 1 is 1.17 bits per heavy atom. The Hall–Kier alpha value is -1.07. The number of rotatable bonds is 4. The van der Waals surface area contributed by atoms with Gasteiger partial charge in [0.2, 0.25) is 0 Å². The summed E-state index contributed by atoms with van der Waals surface area (Å²) in [5.74, 6) is -0.146. The maximum atomic E-state index is 12.3. The minimum absolute atomic E-state index is 0. The summed E-state index contributed by atoms with van der Waals surface area (Å²) in [6, 6.07) is 4.31. The van der Waals surface area contributed by atoms with Gasteiger partial charge in [0.05, 0.1) is 5.56 Å². The van der Waals surface area contributed by atoms with E-state index in [1.807, 2.05) is 19.0 Å². The van der Waals surface area contributed by atoms with Gasteiger partial charge in [0, 0.05) is 18.5 Å². The van der Waals surface area contributed by atoms with Crippen molar-refractivity contribution in [3.05, 3.63) is 35.4 Å². The Kier molecular flexibility index (Phi) is 6.35. The minimum atomic E-state index is -4.36. The van der Waals surface area contributed by atoms with Crippen LogP contribution in [0.3, 0.4) is 0 Å². The van der Waals surface area contributed by atoms with Crippen LogP contribution in [0.15, 0.2) is 24.3 Å². The molecular weight excluding hydrogens is 267 g/mol. The number of ketones is 1. The van der Waals surface area contributed by atoms with Gasteiger partial charge in [-0.3, -0.25) is 4.79 Å². The molecular formula is C12H15ClF3NO. The topological polar surface area (TPSA) is 20.3 Å². The van der Waals surface area contributed by atoms with Crippen LogP contribution in [0, 0.1) is 0 Å². The lowest BCUT2D eigenvalue weighted by Crippen LogP contribution is -2.16. The third-order valence-corrected chi connectivity index (χ3v) is 2.32. The van der Waals surface area contributed by atoms with Crippen LogP contribution in [0.5, 0.6) is 0 Å². The smallest absolute Gasteiger partial charge is 0.309 e. The van der Waals surface area contributed by atoms with Crippen molar-refractivity contribution in [2.45, 2.75) is 12.6 Å². The van der Waals surface area contributed by atoms with Gasteiger partial charge in [-0.2, -0.15) is 13.2 Å². The number of carbonyl (C=O) groups is 1. The van der Waals surface area contributed by atoms with E-state index in [-0.39, 0.29) is 18.2 Å². The van der Waals surface area contributed by atoms with Crippen molar-refractivity contribution in [1.29, 1.82) is 0 Å². The lowest BCUT2D eigenvalue weighted by atomic mass is 10.1. The van der Waals surface area contributed by atoms with Crippen molar-refractivity contribution in [3.63, 3.8) is 0 Å². The maximum Gasteiger partial charge on any atom is 0.416 e. The molecule has 0 saturated heterocycles. The molecule has 0 saturated carbocycles. The monoisotopic (exact) mass is 281 g/mol. The number of alkyl halides is 3. The molecule has 18 heavy (non-hydrogen) atoms. The van der Waals surface area contributed by atoms with Crippen LogP contribution in [-0.2, 0) is 6.18 Å². The molecule has 0 spiro atoms. The molecule has 0 aliphatic rings. The van der Waals surface area contributed by atoms with Gasteiger partial charge in [0.15, 0.2) is 5.78 Å². The van der Waals surface area contributed by atoms with Gasteiger partial charge in [0.1, 0.15) is 0 Å². The molecule has 2 nitrogen and oxygen atoms in total. The van der Waals surface area contributed by atoms with E-state index in [0.717, 1.165) is 12.1 Å². The second kappa shape index (κ2) is 6.75. The minimum Gasteiger partial charge on any atom is -0.309 e. The van der Waals surface area contributed by atoms with Crippen LogP contribution in [0.1, 0.15) is 22.3 Å². The highest BCUT2D eigenvalue weighted by Gasteiger charge is 2.30. The van der Waals surface area contributed by atoms with Gasteiger partial charge in [0.25, 0.3) is 0 Å². The number of halogens is 4. The zero-order chi connectivity index (χ0) is 13.1. The van der Waals surface area contributed by atoms with Crippen molar-refractivity contribution >= 4 is 18.2 Å². The molecule has 1 aromatic rings. The molecule has 0 atom stereocenters. The van der Waals surface area contributed by atoms with E-state index < -0.39 is 11.7 Å². The molecule has 1 rings (SSSR count). The average molecular weight is 282 g/mol. The SMILES string of the molecule is CN(C)CCC(=O)c1ccc(C(F)(F)F)cc1.Cl. The predicted octanol–water partition coefficient (Wildman–Crippen LogP) is 3.26. The van der Waals surface area contributed by atoms with E-state index in [4.69, 9.17) is 0 Å². The van der Waals surface area contributed by atoms with Gasteiger partial charge in [-0.05, 0) is 26.2 Å². The highest BCUT2D eigenvalue weighted by atomic mass is 35.5. The fourth-order valence-electron chi connectivity index (χ4n) is 1.31. The first-order valence-electron chi connectivity index (χ1n) is 5.16. The average Bonchev–Trinajstić information content (AvgIpc) is 2.25. The third kappa shape index (κ3) is 5.06. The molecule has 0 aromatic heterocycles. The van der Waals surface area contributed by atoms with Gasteiger partial charge in [-0.1, -0.05) is 12.1 Å². The molecule has 0 fully saturated rings. The predicted molar refractivity (Wildman–Crippen MR) is 66.2 cm³/mol. The normalized spacial score (nSPS) is 11.2. The lowest BCUT2D eigenvalue weighted by Gasteiger charge is -2.09. The van der Waals surface area contributed by atoms with Gasteiger partial charge >= 0.3 is 6.18 Å². The molecule has 0 unspecified atom stereocenters. The van der Waals surface area contributed by atoms with E-state index in [0.29, 0.717) is 18.5 Å². The van der Waals surface area contributed by atoms with Crippen LogP contribution < -0.4 is 0 Å². The third-order valence-electron chi connectivity index (χ3n) is 2.32. The Labute approximate surface area is 110 Å². The highest BCUT2D eigenvalue weighted by molar-refractivity contribution is 5.96. The van der Waals surface area contributed by atoms with Crippen molar-refractivity contribution < 1.29 is 18.0 Å². The number of carbonyl (C=O) groups excluding carboxylic acids is 1. The van der Waals surface area contributed by atoms with Gasteiger partial charge < -0.3 is 4.90 Å². The van der Waals surface area contributed by atoms with Crippen LogP contribution in [0.4, 0.5) is 13.2 Å². The largest absolute Gasteiger partial charge is 0.416 e. The molecule has 0 heterocycles. The van der Waals surface area contributed by atoms with E-state index in [9.17, 15) is 18.0 Å². The highest BCUT2D eigenvalue weighted by Crippen LogP contribution is 2.29. The summed E-state index contributed by atoms with van der Waals surface area (Å²) in [6.07, 6.45) is -4.05. The van der Waals surface area contributed by atoms with Gasteiger partial charge in [-0.25, -0.2) is 0 Å². The van der Waals surface area contributed by atoms with Crippen LogP contribution in [0.2, 0.25) is 0 Å². The van der Waals surface area contributed by atoms with E-state index >= 15 is 0 Å². The van der Waals surface area contributed by atoms with Crippen molar-refractivity contribution in [1.82, 2.24) is 4.90 Å². The Morgan fingerprint density at radius 2 is 1.67 bits per heavy atom. The van der Waals surface area contributed by atoms with E-state index in [2.05, 4.69) is 0 Å². The Balaban J connectivity index is 0.00000289. The molecule has 0 amide bonds. The van der Waals surface area contributed by atoms with Crippen molar-refractivity contribution in [2.24, 2.45) is 0 Å². The zero-order valence-electron chi connectivity index (χ0n) is 10.1. The van der Waals surface area contributed by atoms with Crippen LogP contribution >= 0.6 is 12.4 Å². The van der Waals surface area contributed by atoms with E-state index in [1.54, 1.807) is 0 Å². The molecule has 6 heteroatoms. The number of hydrogen-bond acceptors (Lipinski definition) is 2. The van der Waals surface area contributed by atoms with Crippen molar-refractivity contribution in [2.75, 3.05) is 20.6 Å². The first kappa shape index (κ1) is 16.9.